The summed E-state index contributed by atoms with van der Waals surface area (Å²) in [5.74, 6) is -0.0197. The lowest BCUT2D eigenvalue weighted by Crippen LogP contribution is -2.22. The molecule has 1 rings (SSSR count). The van der Waals surface area contributed by atoms with Crippen LogP contribution in [0, 0.1) is 0 Å². The second-order valence-corrected chi connectivity index (χ2v) is 7.53. The van der Waals surface area contributed by atoms with Crippen LogP contribution in [0.2, 0.25) is 0 Å². The van der Waals surface area contributed by atoms with Crippen LogP contribution in [0.4, 0.5) is 0 Å². The van der Waals surface area contributed by atoms with Crippen LogP contribution in [0.25, 0.3) is 0 Å². The van der Waals surface area contributed by atoms with Gasteiger partial charge in [0.05, 0.1) is 6.61 Å². The minimum Gasteiger partial charge on any atom is -0.466 e. The minimum atomic E-state index is -0.0197. The van der Waals surface area contributed by atoms with Crippen LogP contribution in [-0.2, 0) is 19.0 Å². The molecule has 26 heavy (non-hydrogen) atoms. The Kier molecular flexibility index (Phi) is 16.0. The van der Waals surface area contributed by atoms with Crippen molar-refractivity contribution in [1.82, 2.24) is 0 Å². The summed E-state index contributed by atoms with van der Waals surface area (Å²) in [6, 6.07) is 0. The van der Waals surface area contributed by atoms with Gasteiger partial charge in [-0.1, -0.05) is 64.7 Å². The smallest absolute Gasteiger partial charge is 0.305 e. The van der Waals surface area contributed by atoms with Crippen LogP contribution in [0.15, 0.2) is 0 Å². The van der Waals surface area contributed by atoms with Crippen molar-refractivity contribution in [2.24, 2.45) is 0 Å². The van der Waals surface area contributed by atoms with Gasteiger partial charge < -0.3 is 14.2 Å². The van der Waals surface area contributed by atoms with E-state index in [0.717, 1.165) is 45.3 Å². The Morgan fingerprint density at radius 1 is 0.846 bits per heavy atom. The molecule has 4 heteroatoms. The second kappa shape index (κ2) is 17.8. The maximum Gasteiger partial charge on any atom is 0.305 e. The highest BCUT2D eigenvalue weighted by atomic mass is 16.7. The second-order valence-electron chi connectivity index (χ2n) is 7.53. The van der Waals surface area contributed by atoms with Crippen molar-refractivity contribution < 1.29 is 19.0 Å². The van der Waals surface area contributed by atoms with Gasteiger partial charge >= 0.3 is 5.97 Å². The molecule has 0 saturated carbocycles. The van der Waals surface area contributed by atoms with Crippen LogP contribution in [-0.4, -0.2) is 32.1 Å². The summed E-state index contributed by atoms with van der Waals surface area (Å²) < 4.78 is 16.6. The Morgan fingerprint density at radius 2 is 1.50 bits per heavy atom. The quantitative estimate of drug-likeness (QED) is 0.227. The van der Waals surface area contributed by atoms with Crippen LogP contribution < -0.4 is 0 Å². The fourth-order valence-electron chi connectivity index (χ4n) is 3.28. The number of carbonyl (C=O) groups is 1. The standard InChI is InChI=1S/C22H42O4/c1-2-3-4-5-6-9-13-18-24-21(23)16-11-8-7-10-14-19-25-22-17-12-15-20-26-22/h22H,2-20H2,1H3. The first-order valence-corrected chi connectivity index (χ1v) is 11.2. The summed E-state index contributed by atoms with van der Waals surface area (Å²) in [5.41, 5.74) is 0. The van der Waals surface area contributed by atoms with Crippen molar-refractivity contribution in [1.29, 1.82) is 0 Å². The third kappa shape index (κ3) is 14.5. The van der Waals surface area contributed by atoms with E-state index < -0.39 is 0 Å². The van der Waals surface area contributed by atoms with Gasteiger partial charge in [-0.2, -0.15) is 0 Å². The number of unbranched alkanes of at least 4 members (excludes halogenated alkanes) is 10. The van der Waals surface area contributed by atoms with Gasteiger partial charge in [0, 0.05) is 19.6 Å². The van der Waals surface area contributed by atoms with Gasteiger partial charge in [-0.05, 0) is 38.5 Å². The molecular formula is C22H42O4. The summed E-state index contributed by atoms with van der Waals surface area (Å²) in [7, 11) is 0. The predicted octanol–water partition coefficient (Wildman–Crippen LogP) is 6.16. The molecule has 1 aliphatic heterocycles. The topological polar surface area (TPSA) is 44.8 Å². The van der Waals surface area contributed by atoms with Gasteiger partial charge in [0.25, 0.3) is 0 Å². The zero-order valence-electron chi connectivity index (χ0n) is 17.1. The van der Waals surface area contributed by atoms with E-state index >= 15 is 0 Å². The molecule has 1 atom stereocenters. The molecule has 0 spiro atoms. The third-order valence-electron chi connectivity index (χ3n) is 4.98. The molecule has 0 aromatic rings. The molecule has 0 aromatic carbocycles. The molecule has 0 aromatic heterocycles. The Labute approximate surface area is 161 Å². The van der Waals surface area contributed by atoms with E-state index in [1.807, 2.05) is 0 Å². The van der Waals surface area contributed by atoms with Crippen LogP contribution in [0.5, 0.6) is 0 Å². The van der Waals surface area contributed by atoms with Crippen LogP contribution >= 0.6 is 0 Å². The van der Waals surface area contributed by atoms with E-state index in [0.29, 0.717) is 13.0 Å². The molecule has 0 N–H and O–H groups in total. The molecular weight excluding hydrogens is 328 g/mol. The molecule has 1 fully saturated rings. The summed E-state index contributed by atoms with van der Waals surface area (Å²) in [4.78, 5) is 11.7. The lowest BCUT2D eigenvalue weighted by Gasteiger charge is -2.22. The zero-order valence-corrected chi connectivity index (χ0v) is 17.1. The van der Waals surface area contributed by atoms with Gasteiger partial charge in [0.15, 0.2) is 6.29 Å². The maximum atomic E-state index is 11.7. The van der Waals surface area contributed by atoms with Crippen molar-refractivity contribution in [3.63, 3.8) is 0 Å². The van der Waals surface area contributed by atoms with Crippen molar-refractivity contribution in [2.45, 2.75) is 116 Å². The lowest BCUT2D eigenvalue weighted by molar-refractivity contribution is -0.162. The minimum absolute atomic E-state index is 0.0197. The summed E-state index contributed by atoms with van der Waals surface area (Å²) >= 11 is 0. The van der Waals surface area contributed by atoms with Crippen LogP contribution in [0.3, 0.4) is 0 Å². The summed E-state index contributed by atoms with van der Waals surface area (Å²) in [5, 5.41) is 0. The summed E-state index contributed by atoms with van der Waals surface area (Å²) in [6.07, 6.45) is 18.3. The first-order chi connectivity index (χ1) is 12.8. The van der Waals surface area contributed by atoms with E-state index in [4.69, 9.17) is 14.2 Å². The zero-order chi connectivity index (χ0) is 18.7. The number of rotatable bonds is 17. The molecule has 1 heterocycles. The van der Waals surface area contributed by atoms with Crippen molar-refractivity contribution in [2.75, 3.05) is 19.8 Å². The number of esters is 1. The van der Waals surface area contributed by atoms with E-state index in [9.17, 15) is 4.79 Å². The van der Waals surface area contributed by atoms with E-state index in [1.54, 1.807) is 0 Å². The molecule has 154 valence electrons. The fraction of sp³-hybridized carbons (Fsp3) is 0.955. The molecule has 1 saturated heterocycles. The van der Waals surface area contributed by atoms with E-state index in [1.165, 1.54) is 64.2 Å². The Bertz CT molecular complexity index is 313. The normalized spacial score (nSPS) is 17.3. The third-order valence-corrected chi connectivity index (χ3v) is 4.98. The highest BCUT2D eigenvalue weighted by Gasteiger charge is 2.13. The SMILES string of the molecule is CCCCCCCCCOC(=O)CCCCCCCOC1CCCCO1. The highest BCUT2D eigenvalue weighted by Crippen LogP contribution is 2.14. The Hall–Kier alpha value is -0.610. The van der Waals surface area contributed by atoms with Gasteiger partial charge in [-0.25, -0.2) is 0 Å². The molecule has 0 amide bonds. The first kappa shape index (κ1) is 23.4. The van der Waals surface area contributed by atoms with Gasteiger partial charge in [0.2, 0.25) is 0 Å². The van der Waals surface area contributed by atoms with Crippen molar-refractivity contribution >= 4 is 5.97 Å². The number of ether oxygens (including phenoxy) is 3. The molecule has 0 aliphatic carbocycles. The molecule has 0 radical (unpaired) electrons. The van der Waals surface area contributed by atoms with Gasteiger partial charge in [0.1, 0.15) is 0 Å². The molecule has 4 nitrogen and oxygen atoms in total. The van der Waals surface area contributed by atoms with E-state index in [2.05, 4.69) is 6.92 Å². The molecule has 0 bridgehead atoms. The first-order valence-electron chi connectivity index (χ1n) is 11.2. The van der Waals surface area contributed by atoms with Crippen LogP contribution in [0.1, 0.15) is 110 Å². The number of carbonyl (C=O) groups excluding carboxylic acids is 1. The highest BCUT2D eigenvalue weighted by molar-refractivity contribution is 5.69. The predicted molar refractivity (Wildman–Crippen MR) is 106 cm³/mol. The fourth-order valence-corrected chi connectivity index (χ4v) is 3.28. The largest absolute Gasteiger partial charge is 0.466 e. The average Bonchev–Trinajstić information content (AvgIpc) is 2.67. The molecule has 1 aliphatic rings. The van der Waals surface area contributed by atoms with Crippen molar-refractivity contribution in [3.8, 4) is 0 Å². The van der Waals surface area contributed by atoms with Crippen molar-refractivity contribution in [3.05, 3.63) is 0 Å². The number of hydrogen-bond donors (Lipinski definition) is 0. The van der Waals surface area contributed by atoms with E-state index in [-0.39, 0.29) is 12.3 Å². The van der Waals surface area contributed by atoms with Gasteiger partial charge in [-0.15, -0.1) is 0 Å². The number of hydrogen-bond acceptors (Lipinski definition) is 4. The monoisotopic (exact) mass is 370 g/mol. The Balaban J connectivity index is 1.75. The molecule has 1 unspecified atom stereocenters. The Morgan fingerprint density at radius 3 is 2.19 bits per heavy atom. The maximum absolute atomic E-state index is 11.7. The average molecular weight is 371 g/mol. The van der Waals surface area contributed by atoms with Gasteiger partial charge in [-0.3, -0.25) is 4.79 Å². The lowest BCUT2D eigenvalue weighted by atomic mass is 10.1. The summed E-state index contributed by atoms with van der Waals surface area (Å²) in [6.45, 7) is 4.49.